The van der Waals surface area contributed by atoms with Crippen molar-refractivity contribution in [2.75, 3.05) is 11.9 Å². The molecule has 41 heavy (non-hydrogen) atoms. The molecule has 2 aromatic heterocycles. The van der Waals surface area contributed by atoms with Crippen LogP contribution in [0.5, 0.6) is 0 Å². The molecule has 2 aliphatic heterocycles. The van der Waals surface area contributed by atoms with Gasteiger partial charge in [-0.3, -0.25) is 24.5 Å². The topological polar surface area (TPSA) is 130 Å². The minimum atomic E-state index is -1.12. The van der Waals surface area contributed by atoms with Gasteiger partial charge in [-0.05, 0) is 11.1 Å². The lowest BCUT2D eigenvalue weighted by molar-refractivity contribution is -0.164. The molecule has 2 unspecified atom stereocenters. The number of hydrogen-bond donors (Lipinski definition) is 2. The normalized spacial score (nSPS) is 23.3. The van der Waals surface area contributed by atoms with Crippen molar-refractivity contribution in [1.29, 1.82) is 0 Å². The van der Waals surface area contributed by atoms with Crippen LogP contribution in [0.4, 0.5) is 5.95 Å². The molecule has 2 bridgehead atoms. The van der Waals surface area contributed by atoms with Crippen LogP contribution in [-0.4, -0.2) is 49.8 Å². The molecule has 2 N–H and O–H groups in total. The standard InChI is InChI=1S/C30H31N5O6/c1-18(2)26(36)33-29-32-25-22(27(37)34-29)35(17-31-25)28-23-24(39-15-21-12-8-5-9-13-21)30(41-28,19(3)40-23)16-38-14-20-10-6-4-7-11-20/h4-13,17-18,23-24,28H,3,14-16H2,1-2H3,(H2,32,33,34,36,37)/t23?,24?,28-,30+/m1/s1. The number of rotatable bonds is 10. The highest BCUT2D eigenvalue weighted by molar-refractivity contribution is 5.91. The molecule has 2 saturated heterocycles. The number of aromatic nitrogens is 4. The summed E-state index contributed by atoms with van der Waals surface area (Å²) in [6.07, 6.45) is -0.509. The Morgan fingerprint density at radius 3 is 2.49 bits per heavy atom. The number of anilines is 1. The van der Waals surface area contributed by atoms with Crippen LogP contribution in [-0.2, 0) is 37.0 Å². The van der Waals surface area contributed by atoms with E-state index in [-0.39, 0.29) is 35.5 Å². The molecule has 0 radical (unpaired) electrons. The molecule has 0 aliphatic carbocycles. The van der Waals surface area contributed by atoms with Crippen molar-refractivity contribution < 1.29 is 23.7 Å². The average molecular weight is 558 g/mol. The van der Waals surface area contributed by atoms with Gasteiger partial charge >= 0.3 is 0 Å². The second kappa shape index (κ2) is 10.9. The van der Waals surface area contributed by atoms with Gasteiger partial charge in [0, 0.05) is 5.92 Å². The quantitative estimate of drug-likeness (QED) is 0.302. The first kappa shape index (κ1) is 26.9. The summed E-state index contributed by atoms with van der Waals surface area (Å²) in [5.41, 5.74) is 0.746. The molecule has 11 nitrogen and oxygen atoms in total. The highest BCUT2D eigenvalue weighted by Crippen LogP contribution is 2.52. The van der Waals surface area contributed by atoms with Crippen molar-refractivity contribution in [2.45, 2.75) is 51.1 Å². The summed E-state index contributed by atoms with van der Waals surface area (Å²) in [6.45, 7) is 8.44. The largest absolute Gasteiger partial charge is 0.484 e. The summed E-state index contributed by atoms with van der Waals surface area (Å²) >= 11 is 0. The van der Waals surface area contributed by atoms with E-state index in [1.807, 2.05) is 60.7 Å². The van der Waals surface area contributed by atoms with Crippen molar-refractivity contribution in [3.05, 3.63) is 101 Å². The maximum absolute atomic E-state index is 13.2. The Labute approximate surface area is 236 Å². The fourth-order valence-electron chi connectivity index (χ4n) is 5.13. The van der Waals surface area contributed by atoms with E-state index >= 15 is 0 Å². The predicted molar refractivity (Wildman–Crippen MR) is 150 cm³/mol. The molecule has 4 aromatic rings. The number of fused-ring (bicyclic) bond motifs is 3. The second-order valence-corrected chi connectivity index (χ2v) is 10.5. The van der Waals surface area contributed by atoms with Crippen molar-refractivity contribution >= 4 is 23.0 Å². The number of nitrogens with one attached hydrogen (secondary N) is 2. The maximum Gasteiger partial charge on any atom is 0.278 e. The molecule has 212 valence electrons. The van der Waals surface area contributed by atoms with Gasteiger partial charge in [0.2, 0.25) is 11.9 Å². The van der Waals surface area contributed by atoms with E-state index in [9.17, 15) is 9.59 Å². The Hall–Kier alpha value is -4.32. The Kier molecular flexibility index (Phi) is 7.16. The van der Waals surface area contributed by atoms with Crippen LogP contribution in [0, 0.1) is 5.92 Å². The van der Waals surface area contributed by atoms with Gasteiger partial charge in [-0.25, -0.2) is 4.98 Å². The smallest absolute Gasteiger partial charge is 0.278 e. The van der Waals surface area contributed by atoms with Crippen molar-refractivity contribution in [1.82, 2.24) is 19.5 Å². The summed E-state index contributed by atoms with van der Waals surface area (Å²) in [5.74, 6) is -0.125. The number of carbonyl (C=O) groups is 1. The van der Waals surface area contributed by atoms with E-state index < -0.39 is 29.6 Å². The Morgan fingerprint density at radius 1 is 1.12 bits per heavy atom. The maximum atomic E-state index is 13.2. The fourth-order valence-corrected chi connectivity index (χ4v) is 5.13. The minimum absolute atomic E-state index is 0.0276. The fraction of sp³-hybridized carbons (Fsp3) is 0.333. The number of ether oxygens (including phenoxy) is 4. The first-order valence-corrected chi connectivity index (χ1v) is 13.4. The molecule has 2 aliphatic rings. The summed E-state index contributed by atoms with van der Waals surface area (Å²) in [7, 11) is 0. The SMILES string of the molecule is C=C1OC2C(OCc3ccccc3)[C@@]1(COCc1ccccc1)O[C@H]2n1cnc2nc(NC(=O)C(C)C)[nH]c(=O)c21. The highest BCUT2D eigenvalue weighted by atomic mass is 16.7. The highest BCUT2D eigenvalue weighted by Gasteiger charge is 2.66. The number of hydrogen-bond acceptors (Lipinski definition) is 8. The van der Waals surface area contributed by atoms with E-state index in [2.05, 4.69) is 26.8 Å². The zero-order valence-corrected chi connectivity index (χ0v) is 22.8. The monoisotopic (exact) mass is 557 g/mol. The minimum Gasteiger partial charge on any atom is -0.484 e. The molecule has 6 rings (SSSR count). The number of aromatic amines is 1. The van der Waals surface area contributed by atoms with Gasteiger partial charge in [0.1, 0.15) is 18.2 Å². The van der Waals surface area contributed by atoms with Gasteiger partial charge in [-0.1, -0.05) is 81.1 Å². The van der Waals surface area contributed by atoms with Gasteiger partial charge in [0.25, 0.3) is 5.56 Å². The van der Waals surface area contributed by atoms with E-state index in [1.54, 1.807) is 18.4 Å². The molecule has 1 amide bonds. The molecule has 0 saturated carbocycles. The number of amides is 1. The van der Waals surface area contributed by atoms with Gasteiger partial charge in [-0.2, -0.15) is 4.98 Å². The van der Waals surface area contributed by atoms with E-state index in [1.165, 1.54) is 6.33 Å². The molecular formula is C30H31N5O6. The van der Waals surface area contributed by atoms with Crippen LogP contribution < -0.4 is 10.9 Å². The van der Waals surface area contributed by atoms with Crippen LogP contribution in [0.15, 0.2) is 84.1 Å². The zero-order chi connectivity index (χ0) is 28.6. The van der Waals surface area contributed by atoms with E-state index in [0.29, 0.717) is 19.0 Å². The summed E-state index contributed by atoms with van der Waals surface area (Å²) in [5, 5.41) is 2.61. The lowest BCUT2D eigenvalue weighted by Gasteiger charge is -2.32. The zero-order valence-electron chi connectivity index (χ0n) is 22.8. The third kappa shape index (κ3) is 5.03. The van der Waals surface area contributed by atoms with Crippen molar-refractivity contribution in [2.24, 2.45) is 5.92 Å². The molecular weight excluding hydrogens is 526 g/mol. The Bertz CT molecular complexity index is 1620. The first-order chi connectivity index (χ1) is 19.9. The van der Waals surface area contributed by atoms with Crippen LogP contribution in [0.25, 0.3) is 11.2 Å². The number of carbonyl (C=O) groups excluding carboxylic acids is 1. The lowest BCUT2D eigenvalue weighted by atomic mass is 9.97. The average Bonchev–Trinajstić information content (AvgIpc) is 3.60. The number of imidazole rings is 1. The molecule has 2 aromatic carbocycles. The van der Waals surface area contributed by atoms with Crippen molar-refractivity contribution in [3.63, 3.8) is 0 Å². The number of nitrogens with zero attached hydrogens (tertiary/aromatic N) is 3. The molecule has 4 heterocycles. The van der Waals surface area contributed by atoms with Gasteiger partial charge < -0.3 is 18.9 Å². The van der Waals surface area contributed by atoms with Gasteiger partial charge in [-0.15, -0.1) is 0 Å². The van der Waals surface area contributed by atoms with Crippen LogP contribution >= 0.6 is 0 Å². The van der Waals surface area contributed by atoms with E-state index in [4.69, 9.17) is 18.9 Å². The number of H-pyrrole nitrogens is 1. The Balaban J connectivity index is 1.30. The van der Waals surface area contributed by atoms with Crippen LogP contribution in [0.2, 0.25) is 0 Å². The molecule has 0 spiro atoms. The third-order valence-electron chi connectivity index (χ3n) is 7.30. The third-order valence-corrected chi connectivity index (χ3v) is 7.30. The van der Waals surface area contributed by atoms with E-state index in [0.717, 1.165) is 11.1 Å². The summed E-state index contributed by atoms with van der Waals surface area (Å²) < 4.78 is 27.0. The Morgan fingerprint density at radius 2 is 1.80 bits per heavy atom. The van der Waals surface area contributed by atoms with Crippen LogP contribution in [0.3, 0.4) is 0 Å². The predicted octanol–water partition coefficient (Wildman–Crippen LogP) is 3.70. The van der Waals surface area contributed by atoms with Crippen molar-refractivity contribution in [3.8, 4) is 0 Å². The van der Waals surface area contributed by atoms with Gasteiger partial charge in [0.15, 0.2) is 29.1 Å². The molecule has 11 heteroatoms. The number of benzene rings is 2. The molecule has 4 atom stereocenters. The first-order valence-electron chi connectivity index (χ1n) is 13.4. The van der Waals surface area contributed by atoms with Crippen LogP contribution in [0.1, 0.15) is 31.2 Å². The lowest BCUT2D eigenvalue weighted by Crippen LogP contribution is -2.44. The summed E-state index contributed by atoms with van der Waals surface area (Å²) in [4.78, 5) is 36.6. The summed E-state index contributed by atoms with van der Waals surface area (Å²) in [6, 6.07) is 19.6. The second-order valence-electron chi connectivity index (χ2n) is 10.5. The van der Waals surface area contributed by atoms with Gasteiger partial charge in [0.05, 0.1) is 19.8 Å². The molecule has 2 fully saturated rings.